The quantitative estimate of drug-likeness (QED) is 0.276. The smallest absolute Gasteiger partial charge is 0.382 e. The minimum atomic E-state index is -4.57. The number of piperazine rings is 1. The Hall–Kier alpha value is -5.79. The highest BCUT2D eigenvalue weighted by Crippen LogP contribution is 2.36. The van der Waals surface area contributed by atoms with Crippen LogP contribution in [0.15, 0.2) is 85.3 Å². The Labute approximate surface area is 272 Å². The predicted octanol–water partition coefficient (Wildman–Crippen LogP) is 4.88. The van der Waals surface area contributed by atoms with E-state index in [-0.39, 0.29) is 47.5 Å². The molecule has 5 heterocycles. The molecule has 11 nitrogen and oxygen atoms in total. The average Bonchev–Trinajstić information content (AvgIpc) is 3.49. The SMILES string of the molecule is Nc1nccn2c([C@@H]3CC[C@H]4CN(C(=O)c5ccccc5)CC(=O)N4C3)nc(-c3ccc(C(=O)Nc4cc(C(F)(F)F)ccn4)cc3)c12. The third-order valence-electron chi connectivity index (χ3n) is 8.82. The molecule has 3 amide bonds. The van der Waals surface area contributed by atoms with Gasteiger partial charge in [0.1, 0.15) is 35.2 Å². The average molecular weight is 655 g/mol. The minimum Gasteiger partial charge on any atom is -0.382 e. The number of nitrogens with one attached hydrogen (secondary N) is 1. The van der Waals surface area contributed by atoms with Gasteiger partial charge in [-0.05, 0) is 49.2 Å². The first-order valence-corrected chi connectivity index (χ1v) is 15.3. The number of hydrogen-bond donors (Lipinski definition) is 2. The topological polar surface area (TPSA) is 139 Å². The Morgan fingerprint density at radius 2 is 1.69 bits per heavy atom. The van der Waals surface area contributed by atoms with Crippen LogP contribution in [0.1, 0.15) is 50.9 Å². The second-order valence-electron chi connectivity index (χ2n) is 11.8. The fourth-order valence-corrected chi connectivity index (χ4v) is 6.44. The van der Waals surface area contributed by atoms with Gasteiger partial charge in [0, 0.05) is 60.3 Å². The Morgan fingerprint density at radius 1 is 0.917 bits per heavy atom. The maximum absolute atomic E-state index is 13.3. The second kappa shape index (κ2) is 12.1. The molecule has 48 heavy (non-hydrogen) atoms. The highest BCUT2D eigenvalue weighted by Gasteiger charge is 2.40. The van der Waals surface area contributed by atoms with Crippen LogP contribution in [0.2, 0.25) is 0 Å². The van der Waals surface area contributed by atoms with Crippen LogP contribution in [-0.4, -0.2) is 72.6 Å². The molecule has 0 spiro atoms. The lowest BCUT2D eigenvalue weighted by atomic mass is 9.90. The number of nitrogens with zero attached hydrogens (tertiary/aromatic N) is 6. The zero-order valence-corrected chi connectivity index (χ0v) is 25.4. The molecule has 2 atom stereocenters. The minimum absolute atomic E-state index is 0.00511. The second-order valence-corrected chi connectivity index (χ2v) is 11.8. The number of benzene rings is 2. The first-order valence-electron chi connectivity index (χ1n) is 15.3. The lowest BCUT2D eigenvalue weighted by molar-refractivity contribution is -0.141. The van der Waals surface area contributed by atoms with Crippen LogP contribution in [0.4, 0.5) is 24.8 Å². The van der Waals surface area contributed by atoms with Crippen molar-refractivity contribution < 1.29 is 27.6 Å². The van der Waals surface area contributed by atoms with E-state index < -0.39 is 17.6 Å². The van der Waals surface area contributed by atoms with Crippen molar-refractivity contribution in [2.45, 2.75) is 31.0 Å². The summed E-state index contributed by atoms with van der Waals surface area (Å²) in [4.78, 5) is 55.8. The number of imidazole rings is 1. The molecule has 0 unspecified atom stereocenters. The van der Waals surface area contributed by atoms with E-state index in [0.717, 1.165) is 24.8 Å². The van der Waals surface area contributed by atoms with Gasteiger partial charge in [0.2, 0.25) is 5.91 Å². The van der Waals surface area contributed by atoms with Gasteiger partial charge in [-0.15, -0.1) is 0 Å². The van der Waals surface area contributed by atoms with Crippen molar-refractivity contribution in [3.05, 3.63) is 108 Å². The molecule has 2 aliphatic heterocycles. The van der Waals surface area contributed by atoms with E-state index in [2.05, 4.69) is 15.3 Å². The fraction of sp³-hybridized carbons (Fsp3) is 0.235. The summed E-state index contributed by atoms with van der Waals surface area (Å²) in [5.41, 5.74) is 7.93. The first-order chi connectivity index (χ1) is 23.1. The number of aromatic nitrogens is 4. The van der Waals surface area contributed by atoms with Crippen LogP contribution in [0.3, 0.4) is 0 Å². The number of fused-ring (bicyclic) bond motifs is 2. The predicted molar refractivity (Wildman–Crippen MR) is 170 cm³/mol. The molecule has 2 fully saturated rings. The lowest BCUT2D eigenvalue weighted by Gasteiger charge is -2.45. The van der Waals surface area contributed by atoms with Gasteiger partial charge < -0.3 is 20.9 Å². The van der Waals surface area contributed by atoms with Crippen LogP contribution in [-0.2, 0) is 11.0 Å². The summed E-state index contributed by atoms with van der Waals surface area (Å²) in [5.74, 6) is -0.279. The summed E-state index contributed by atoms with van der Waals surface area (Å²) in [6.45, 7) is 0.895. The molecule has 7 rings (SSSR count). The van der Waals surface area contributed by atoms with E-state index >= 15 is 0 Å². The Bertz CT molecular complexity index is 2030. The Morgan fingerprint density at radius 3 is 2.44 bits per heavy atom. The number of rotatable bonds is 5. The number of nitrogen functional groups attached to an aromatic ring is 1. The molecule has 244 valence electrons. The van der Waals surface area contributed by atoms with Crippen molar-refractivity contribution in [2.24, 2.45) is 0 Å². The number of amides is 3. The lowest BCUT2D eigenvalue weighted by Crippen LogP contribution is -2.60. The molecule has 0 bridgehead atoms. The number of anilines is 2. The Kier molecular flexibility index (Phi) is 7.77. The van der Waals surface area contributed by atoms with Crippen molar-refractivity contribution in [2.75, 3.05) is 30.7 Å². The van der Waals surface area contributed by atoms with Crippen LogP contribution in [0.5, 0.6) is 0 Å². The maximum atomic E-state index is 13.3. The van der Waals surface area contributed by atoms with Crippen LogP contribution >= 0.6 is 0 Å². The van der Waals surface area contributed by atoms with Crippen molar-refractivity contribution in [3.8, 4) is 11.3 Å². The van der Waals surface area contributed by atoms with E-state index in [9.17, 15) is 27.6 Å². The summed E-state index contributed by atoms with van der Waals surface area (Å²) in [6.07, 6.45) is 1.18. The summed E-state index contributed by atoms with van der Waals surface area (Å²) >= 11 is 0. The molecular weight excluding hydrogens is 625 g/mol. The van der Waals surface area contributed by atoms with Gasteiger partial charge in [-0.3, -0.25) is 18.8 Å². The van der Waals surface area contributed by atoms with Crippen molar-refractivity contribution >= 4 is 34.9 Å². The molecular formula is C34H29F3N8O3. The molecule has 0 radical (unpaired) electrons. The standard InChI is InChI=1S/C34H29F3N8O3/c35-34(36,37)24-12-13-39-26(16-24)41-32(47)21-8-6-20(7-9-21)28-29-30(38)40-14-15-44(29)31(42-28)23-10-11-25-18-43(19-27(46)45(25)17-23)33(48)22-4-2-1-3-5-22/h1-9,12-16,23,25H,10-11,17-19H2,(H2,38,40)(H,39,41,47)/t23-,25+/m1/s1. The molecule has 0 saturated carbocycles. The zero-order valence-electron chi connectivity index (χ0n) is 25.4. The number of carbonyl (C=O) groups excluding carboxylic acids is 3. The molecule has 3 N–H and O–H groups in total. The molecule has 2 aliphatic rings. The molecule has 0 aliphatic carbocycles. The molecule has 2 saturated heterocycles. The van der Waals surface area contributed by atoms with Gasteiger partial charge in [-0.25, -0.2) is 15.0 Å². The van der Waals surface area contributed by atoms with Crippen molar-refractivity contribution in [3.63, 3.8) is 0 Å². The maximum Gasteiger partial charge on any atom is 0.416 e. The van der Waals surface area contributed by atoms with E-state index in [0.29, 0.717) is 47.7 Å². The highest BCUT2D eigenvalue weighted by molar-refractivity contribution is 6.04. The number of nitrogens with two attached hydrogens (primary N) is 1. The Balaban J connectivity index is 1.11. The molecule has 5 aromatic rings. The van der Waals surface area contributed by atoms with Gasteiger partial charge in [0.15, 0.2) is 0 Å². The number of alkyl halides is 3. The summed E-state index contributed by atoms with van der Waals surface area (Å²) in [6, 6.07) is 16.9. The third kappa shape index (κ3) is 5.80. The third-order valence-corrected chi connectivity index (χ3v) is 8.82. The highest BCUT2D eigenvalue weighted by atomic mass is 19.4. The van der Waals surface area contributed by atoms with Gasteiger partial charge >= 0.3 is 6.18 Å². The van der Waals surface area contributed by atoms with Gasteiger partial charge in [-0.2, -0.15) is 13.2 Å². The van der Waals surface area contributed by atoms with Gasteiger partial charge in [0.05, 0.1) is 5.56 Å². The van der Waals surface area contributed by atoms with Crippen molar-refractivity contribution in [1.82, 2.24) is 29.2 Å². The molecule has 2 aromatic carbocycles. The number of piperidine rings is 1. The fourth-order valence-electron chi connectivity index (χ4n) is 6.44. The number of pyridine rings is 1. The first kappa shape index (κ1) is 30.8. The number of carbonyl (C=O) groups is 3. The number of halogens is 3. The van der Waals surface area contributed by atoms with E-state index in [1.165, 1.54) is 12.1 Å². The largest absolute Gasteiger partial charge is 0.416 e. The van der Waals surface area contributed by atoms with Crippen molar-refractivity contribution in [1.29, 1.82) is 0 Å². The summed E-state index contributed by atoms with van der Waals surface area (Å²) in [5, 5.41) is 2.41. The molecule has 3 aromatic heterocycles. The van der Waals surface area contributed by atoms with Gasteiger partial charge in [-0.1, -0.05) is 30.3 Å². The molecule has 14 heteroatoms. The van der Waals surface area contributed by atoms with E-state index in [1.54, 1.807) is 53.7 Å². The number of hydrogen-bond acceptors (Lipinski definition) is 7. The van der Waals surface area contributed by atoms with Crippen LogP contribution in [0, 0.1) is 0 Å². The van der Waals surface area contributed by atoms with E-state index in [1.807, 2.05) is 15.4 Å². The van der Waals surface area contributed by atoms with E-state index in [4.69, 9.17) is 10.7 Å². The summed E-state index contributed by atoms with van der Waals surface area (Å²) < 4.78 is 41.1. The normalized spacial score (nSPS) is 18.1. The van der Waals surface area contributed by atoms with Crippen LogP contribution < -0.4 is 11.1 Å². The summed E-state index contributed by atoms with van der Waals surface area (Å²) in [7, 11) is 0. The van der Waals surface area contributed by atoms with Crippen LogP contribution in [0.25, 0.3) is 16.8 Å². The van der Waals surface area contributed by atoms with Gasteiger partial charge in [0.25, 0.3) is 11.8 Å². The zero-order chi connectivity index (χ0) is 33.6. The monoisotopic (exact) mass is 654 g/mol.